The molecule has 2 aromatic heterocycles. The number of nitrogens with zero attached hydrogens (tertiary/aromatic N) is 2. The number of nitrogens with one attached hydrogen (secondary N) is 1. The van der Waals surface area contributed by atoms with E-state index in [2.05, 4.69) is 15.0 Å². The van der Waals surface area contributed by atoms with Gasteiger partial charge in [0.25, 0.3) is 0 Å². The van der Waals surface area contributed by atoms with Gasteiger partial charge in [-0.3, -0.25) is 0 Å². The number of aromatic amines is 1. The monoisotopic (exact) mass is 273 g/mol. The lowest BCUT2D eigenvalue weighted by Crippen LogP contribution is -1.86. The molecule has 0 unspecified atom stereocenters. The third-order valence-corrected chi connectivity index (χ3v) is 2.88. The largest absolute Gasteiger partial charge is 0.337 e. The van der Waals surface area contributed by atoms with Crippen LogP contribution in [0, 0.1) is 5.82 Å². The van der Waals surface area contributed by atoms with Gasteiger partial charge < -0.3 is 4.98 Å². The van der Waals surface area contributed by atoms with Crippen molar-refractivity contribution in [3.05, 3.63) is 59.6 Å². The molecule has 0 saturated carbocycles. The number of benzene rings is 1. The van der Waals surface area contributed by atoms with Gasteiger partial charge in [0.05, 0.1) is 11.9 Å². The molecule has 0 aliphatic carbocycles. The summed E-state index contributed by atoms with van der Waals surface area (Å²) in [6, 6.07) is 11.6. The molecule has 3 nitrogen and oxygen atoms in total. The van der Waals surface area contributed by atoms with Gasteiger partial charge in [0.15, 0.2) is 5.82 Å². The number of aromatic nitrogens is 3. The number of pyridine rings is 1. The molecule has 3 aromatic rings. The number of hydrogen-bond acceptors (Lipinski definition) is 2. The maximum absolute atomic E-state index is 13.2. The van der Waals surface area contributed by atoms with E-state index in [0.717, 1.165) is 11.3 Å². The summed E-state index contributed by atoms with van der Waals surface area (Å²) in [7, 11) is 0. The van der Waals surface area contributed by atoms with Crippen LogP contribution in [0.5, 0.6) is 0 Å². The topological polar surface area (TPSA) is 41.6 Å². The van der Waals surface area contributed by atoms with Gasteiger partial charge in [-0.2, -0.15) is 0 Å². The van der Waals surface area contributed by atoms with E-state index >= 15 is 0 Å². The zero-order chi connectivity index (χ0) is 13.2. The molecule has 2 heterocycles. The number of hydrogen-bond donors (Lipinski definition) is 1. The van der Waals surface area contributed by atoms with Crippen molar-refractivity contribution in [3.63, 3.8) is 0 Å². The molecule has 94 valence electrons. The lowest BCUT2D eigenvalue weighted by atomic mass is 10.2. The van der Waals surface area contributed by atoms with Crippen LogP contribution in [0.4, 0.5) is 4.39 Å². The normalized spacial score (nSPS) is 10.6. The van der Waals surface area contributed by atoms with Crippen LogP contribution in [-0.4, -0.2) is 15.0 Å². The molecule has 0 bridgehead atoms. The minimum Gasteiger partial charge on any atom is -0.337 e. The summed E-state index contributed by atoms with van der Waals surface area (Å²) >= 11 is 5.84. The predicted octanol–water partition coefficient (Wildman–Crippen LogP) is 3.93. The summed E-state index contributed by atoms with van der Waals surface area (Å²) < 4.78 is 13.2. The average molecular weight is 274 g/mol. The Morgan fingerprint density at radius 3 is 2.74 bits per heavy atom. The van der Waals surface area contributed by atoms with Gasteiger partial charge in [0.1, 0.15) is 16.7 Å². The van der Waals surface area contributed by atoms with Crippen molar-refractivity contribution in [3.8, 4) is 22.8 Å². The quantitative estimate of drug-likeness (QED) is 0.719. The molecule has 0 aliphatic rings. The minimum absolute atomic E-state index is 0.283. The maximum Gasteiger partial charge on any atom is 0.156 e. The van der Waals surface area contributed by atoms with Crippen LogP contribution in [0.1, 0.15) is 0 Å². The van der Waals surface area contributed by atoms with E-state index in [1.807, 2.05) is 6.07 Å². The molecule has 0 radical (unpaired) electrons. The Morgan fingerprint density at radius 1 is 1.11 bits per heavy atom. The van der Waals surface area contributed by atoms with Gasteiger partial charge in [-0.1, -0.05) is 29.8 Å². The van der Waals surface area contributed by atoms with Crippen LogP contribution in [0.25, 0.3) is 22.8 Å². The summed E-state index contributed by atoms with van der Waals surface area (Å²) in [5.41, 5.74) is 2.12. The Morgan fingerprint density at radius 2 is 1.95 bits per heavy atom. The summed E-state index contributed by atoms with van der Waals surface area (Å²) in [4.78, 5) is 11.5. The fraction of sp³-hybridized carbons (Fsp3) is 0. The highest BCUT2D eigenvalue weighted by Crippen LogP contribution is 2.22. The number of H-pyrrole nitrogens is 1. The van der Waals surface area contributed by atoms with Crippen LogP contribution in [-0.2, 0) is 0 Å². The van der Waals surface area contributed by atoms with Crippen molar-refractivity contribution in [2.45, 2.75) is 0 Å². The molecular weight excluding hydrogens is 265 g/mol. The Bertz CT molecular complexity index is 664. The van der Waals surface area contributed by atoms with Crippen molar-refractivity contribution in [2.24, 2.45) is 0 Å². The molecule has 19 heavy (non-hydrogen) atoms. The fourth-order valence-corrected chi connectivity index (χ4v) is 1.96. The maximum atomic E-state index is 13.2. The Kier molecular flexibility index (Phi) is 3.01. The zero-order valence-corrected chi connectivity index (χ0v) is 10.5. The molecule has 1 N–H and O–H groups in total. The van der Waals surface area contributed by atoms with Crippen LogP contribution in [0.2, 0.25) is 5.15 Å². The first-order chi connectivity index (χ1) is 9.22. The smallest absolute Gasteiger partial charge is 0.156 e. The van der Waals surface area contributed by atoms with Gasteiger partial charge in [0, 0.05) is 5.56 Å². The highest BCUT2D eigenvalue weighted by atomic mass is 35.5. The van der Waals surface area contributed by atoms with Crippen molar-refractivity contribution >= 4 is 11.6 Å². The molecule has 3 rings (SSSR count). The van der Waals surface area contributed by atoms with E-state index in [-0.39, 0.29) is 5.82 Å². The second kappa shape index (κ2) is 4.82. The minimum atomic E-state index is -0.283. The third kappa shape index (κ3) is 2.48. The van der Waals surface area contributed by atoms with Gasteiger partial charge in [-0.25, -0.2) is 14.4 Å². The SMILES string of the molecule is Fc1cccc(-c2cnc(-c3cccc(Cl)n3)[nH]2)c1. The Balaban J connectivity index is 2.00. The zero-order valence-electron chi connectivity index (χ0n) is 9.77. The van der Waals surface area contributed by atoms with Crippen molar-refractivity contribution in [2.75, 3.05) is 0 Å². The van der Waals surface area contributed by atoms with E-state index in [4.69, 9.17) is 11.6 Å². The molecule has 0 amide bonds. The summed E-state index contributed by atoms with van der Waals surface area (Å²) in [6.07, 6.45) is 1.65. The summed E-state index contributed by atoms with van der Waals surface area (Å²) in [6.45, 7) is 0. The standard InChI is InChI=1S/C14H9ClFN3/c15-13-6-2-5-11(18-13)14-17-8-12(19-14)9-3-1-4-10(16)7-9/h1-8H,(H,17,19). The first-order valence-corrected chi connectivity index (χ1v) is 6.04. The predicted molar refractivity (Wildman–Crippen MR) is 72.2 cm³/mol. The van der Waals surface area contributed by atoms with Crippen molar-refractivity contribution in [1.82, 2.24) is 15.0 Å². The number of imidazole rings is 1. The second-order valence-corrected chi connectivity index (χ2v) is 4.39. The molecule has 0 fully saturated rings. The van der Waals surface area contributed by atoms with Gasteiger partial charge in [-0.05, 0) is 24.3 Å². The van der Waals surface area contributed by atoms with Crippen LogP contribution in [0.15, 0.2) is 48.7 Å². The highest BCUT2D eigenvalue weighted by Gasteiger charge is 2.07. The number of rotatable bonds is 2. The molecular formula is C14H9ClFN3. The van der Waals surface area contributed by atoms with Crippen molar-refractivity contribution < 1.29 is 4.39 Å². The molecule has 0 aliphatic heterocycles. The van der Waals surface area contributed by atoms with Crippen molar-refractivity contribution in [1.29, 1.82) is 0 Å². The van der Waals surface area contributed by atoms with E-state index in [1.165, 1.54) is 12.1 Å². The van der Waals surface area contributed by atoms with E-state index in [1.54, 1.807) is 30.5 Å². The van der Waals surface area contributed by atoms with Gasteiger partial charge >= 0.3 is 0 Å². The van der Waals surface area contributed by atoms with Crippen LogP contribution >= 0.6 is 11.6 Å². The molecule has 0 saturated heterocycles. The molecule has 0 atom stereocenters. The van der Waals surface area contributed by atoms with Crippen LogP contribution in [0.3, 0.4) is 0 Å². The first kappa shape index (κ1) is 11.9. The molecule has 1 aromatic carbocycles. The molecule has 5 heteroatoms. The average Bonchev–Trinajstić information content (AvgIpc) is 2.88. The fourth-order valence-electron chi connectivity index (χ4n) is 1.79. The van der Waals surface area contributed by atoms with E-state index < -0.39 is 0 Å². The van der Waals surface area contributed by atoms with Crippen LogP contribution < -0.4 is 0 Å². The first-order valence-electron chi connectivity index (χ1n) is 5.66. The summed E-state index contributed by atoms with van der Waals surface area (Å²) in [5.74, 6) is 0.316. The second-order valence-electron chi connectivity index (χ2n) is 4.00. The van der Waals surface area contributed by atoms with Gasteiger partial charge in [0.2, 0.25) is 0 Å². The van der Waals surface area contributed by atoms with E-state index in [9.17, 15) is 4.39 Å². The Labute approximate surface area is 114 Å². The lowest BCUT2D eigenvalue weighted by Gasteiger charge is -1.98. The lowest BCUT2D eigenvalue weighted by molar-refractivity contribution is 0.628. The number of halogens is 2. The summed E-state index contributed by atoms with van der Waals surface area (Å²) in [5, 5.41) is 0.404. The Hall–Kier alpha value is -2.20. The highest BCUT2D eigenvalue weighted by molar-refractivity contribution is 6.29. The van der Waals surface area contributed by atoms with Gasteiger partial charge in [-0.15, -0.1) is 0 Å². The molecule has 0 spiro atoms. The third-order valence-electron chi connectivity index (χ3n) is 2.67. The van der Waals surface area contributed by atoms with E-state index in [0.29, 0.717) is 16.7 Å².